The van der Waals surface area contributed by atoms with Gasteiger partial charge in [-0.2, -0.15) is 0 Å². The van der Waals surface area contributed by atoms with Gasteiger partial charge < -0.3 is 0 Å². The lowest BCUT2D eigenvalue weighted by Crippen LogP contribution is -2.45. The number of alkyl halides is 4. The van der Waals surface area contributed by atoms with E-state index in [0.29, 0.717) is 62.8 Å². The van der Waals surface area contributed by atoms with Gasteiger partial charge in [0.15, 0.2) is 9.84 Å². The van der Waals surface area contributed by atoms with E-state index >= 15 is 0 Å². The third-order valence-electron chi connectivity index (χ3n) is 3.85. The topological polar surface area (TPSA) is 40.6 Å². The molecule has 0 radical (unpaired) electrons. The molecule has 0 fully saturated rings. The smallest absolute Gasteiger partial charge is 0.165 e. The number of rotatable bonds is 16. The lowest BCUT2D eigenvalue weighted by molar-refractivity contribution is 0.306. The Kier molecular flexibility index (Phi) is 18.7. The number of sulfone groups is 1. The van der Waals surface area contributed by atoms with Crippen molar-refractivity contribution >= 4 is 68.6 Å². The van der Waals surface area contributed by atoms with Crippen LogP contribution in [0, 0.1) is 0 Å². The van der Waals surface area contributed by atoms with E-state index in [1.54, 1.807) is 0 Å². The third kappa shape index (κ3) is 10.4. The molecule has 10 heteroatoms. The van der Waals surface area contributed by atoms with Gasteiger partial charge in [-0.05, 0) is 0 Å². The molecule has 0 aliphatic carbocycles. The molecule has 0 rings (SSSR count). The van der Waals surface area contributed by atoms with Crippen LogP contribution in [-0.4, -0.2) is 91.5 Å². The normalized spacial score (nSPS) is 14.1. The van der Waals surface area contributed by atoms with Gasteiger partial charge in [-0.3, -0.25) is 9.80 Å². The van der Waals surface area contributed by atoms with Crippen molar-refractivity contribution in [3.8, 4) is 0 Å². The quantitative estimate of drug-likeness (QED) is 0.245. The summed E-state index contributed by atoms with van der Waals surface area (Å²) in [5, 5.41) is -1.45. The average molecular weight is 491 g/mol. The van der Waals surface area contributed by atoms with Crippen LogP contribution in [-0.2, 0) is 9.84 Å². The Bertz CT molecular complexity index is 431. The summed E-state index contributed by atoms with van der Waals surface area (Å²) in [4.78, 5) is 3.86. The van der Waals surface area contributed by atoms with Gasteiger partial charge in [0.05, 0.1) is 10.5 Å². The predicted molar refractivity (Wildman–Crippen MR) is 120 cm³/mol. The molecule has 0 aromatic carbocycles. The molecule has 0 N–H and O–H groups in total. The summed E-state index contributed by atoms with van der Waals surface area (Å²) >= 11 is 23.2. The summed E-state index contributed by atoms with van der Waals surface area (Å²) in [6.45, 7) is 10.3. The molecule has 0 bridgehead atoms. The molecule has 0 amide bonds. The fraction of sp³-hybridized carbons (Fsp3) is 0.750. The summed E-state index contributed by atoms with van der Waals surface area (Å²) in [7, 11) is -3.52. The first-order valence-corrected chi connectivity index (χ1v) is 11.8. The van der Waals surface area contributed by atoms with E-state index in [1.807, 2.05) is 9.80 Å². The predicted octanol–water partition coefficient (Wildman–Crippen LogP) is 3.49. The van der Waals surface area contributed by atoms with Crippen LogP contribution in [0.1, 0.15) is 0 Å². The molecule has 0 saturated carbocycles. The Balaban J connectivity index is 0. The van der Waals surface area contributed by atoms with Crippen LogP contribution < -0.4 is 0 Å². The molecule has 2 atom stereocenters. The van der Waals surface area contributed by atoms with Crippen molar-refractivity contribution in [2.45, 2.75) is 10.5 Å². The lowest BCUT2D eigenvalue weighted by Gasteiger charge is -2.29. The summed E-state index contributed by atoms with van der Waals surface area (Å²) in [5.41, 5.74) is 0. The lowest BCUT2D eigenvalue weighted by atomic mass is 10.3. The van der Waals surface area contributed by atoms with E-state index in [9.17, 15) is 8.42 Å². The van der Waals surface area contributed by atoms with Crippen LogP contribution in [0.2, 0.25) is 0 Å². The van der Waals surface area contributed by atoms with E-state index in [2.05, 4.69) is 13.2 Å². The zero-order chi connectivity index (χ0) is 19.3. The van der Waals surface area contributed by atoms with Gasteiger partial charge in [-0.1, -0.05) is 12.2 Å². The molecular weight excluding hydrogens is 462 g/mol. The second-order valence-electron chi connectivity index (χ2n) is 5.49. The fourth-order valence-electron chi connectivity index (χ4n) is 2.43. The van der Waals surface area contributed by atoms with E-state index in [1.165, 1.54) is 12.2 Å². The first-order chi connectivity index (χ1) is 11.9. The van der Waals surface area contributed by atoms with Crippen molar-refractivity contribution in [2.24, 2.45) is 0 Å². The Labute approximate surface area is 184 Å². The van der Waals surface area contributed by atoms with Gasteiger partial charge >= 0.3 is 0 Å². The van der Waals surface area contributed by atoms with Crippen molar-refractivity contribution in [3.05, 3.63) is 25.3 Å². The third-order valence-corrected chi connectivity index (χ3v) is 6.90. The molecule has 156 valence electrons. The summed E-state index contributed by atoms with van der Waals surface area (Å²) in [6, 6.07) is 0. The van der Waals surface area contributed by atoms with Crippen LogP contribution in [0.25, 0.3) is 0 Å². The number of halogens is 5. The van der Waals surface area contributed by atoms with Crippen LogP contribution in [0.4, 0.5) is 0 Å². The van der Waals surface area contributed by atoms with Crippen LogP contribution in [0.5, 0.6) is 0 Å². The van der Waals surface area contributed by atoms with Crippen molar-refractivity contribution in [3.63, 3.8) is 0 Å². The molecule has 4 nitrogen and oxygen atoms in total. The maximum atomic E-state index is 13.1. The molecule has 0 saturated heterocycles. The Hall–Kier alpha value is 0.800. The number of hydrogen-bond acceptors (Lipinski definition) is 4. The minimum Gasteiger partial charge on any atom is -0.299 e. The standard InChI is InChI=1S/C16H28Cl4N2O2S.ClH/c1-3-15(13-21(9-5-17)10-6-18)25(23,24)16(4-2)14-22(11-7-19)12-8-20;/h3-4,15-16H,1-2,5-14H2;1H. The minimum absolute atomic E-state index is 0. The van der Waals surface area contributed by atoms with Crippen molar-refractivity contribution < 1.29 is 8.42 Å². The van der Waals surface area contributed by atoms with Gasteiger partial charge in [0.1, 0.15) is 0 Å². The highest BCUT2D eigenvalue weighted by atomic mass is 35.5. The molecule has 0 aromatic heterocycles. The van der Waals surface area contributed by atoms with Crippen LogP contribution >= 0.6 is 58.8 Å². The van der Waals surface area contributed by atoms with Crippen molar-refractivity contribution in [2.75, 3.05) is 62.8 Å². The molecule has 0 heterocycles. The van der Waals surface area contributed by atoms with Crippen LogP contribution in [0.3, 0.4) is 0 Å². The number of hydrogen-bond donors (Lipinski definition) is 0. The molecule has 0 aliphatic rings. The fourth-order valence-corrected chi connectivity index (χ4v) is 5.20. The maximum Gasteiger partial charge on any atom is 0.165 e. The van der Waals surface area contributed by atoms with E-state index in [0.717, 1.165) is 0 Å². The molecule has 0 spiro atoms. The second kappa shape index (κ2) is 16.7. The highest BCUT2D eigenvalue weighted by Crippen LogP contribution is 2.16. The maximum absolute atomic E-state index is 13.1. The average Bonchev–Trinajstić information content (AvgIpc) is 2.57. The van der Waals surface area contributed by atoms with Crippen LogP contribution in [0.15, 0.2) is 25.3 Å². The Morgan fingerprint density at radius 2 is 1.00 bits per heavy atom. The zero-order valence-corrected chi connectivity index (χ0v) is 19.5. The summed E-state index contributed by atoms with van der Waals surface area (Å²) in [5.74, 6) is 1.63. The first kappa shape index (κ1) is 29.0. The highest BCUT2D eigenvalue weighted by molar-refractivity contribution is 7.93. The SMILES string of the molecule is C=CC(CN(CCCl)CCCl)S(=O)(=O)C(C=C)CN(CCCl)CCCl.Cl. The first-order valence-electron chi connectivity index (χ1n) is 8.07. The highest BCUT2D eigenvalue weighted by Gasteiger charge is 2.32. The van der Waals surface area contributed by atoms with E-state index < -0.39 is 20.3 Å². The molecule has 0 aromatic rings. The molecular formula is C16H29Cl5N2O2S. The largest absolute Gasteiger partial charge is 0.299 e. The van der Waals surface area contributed by atoms with Gasteiger partial charge in [0.25, 0.3) is 0 Å². The Morgan fingerprint density at radius 1 is 0.731 bits per heavy atom. The van der Waals surface area contributed by atoms with Gasteiger partial charge in [0.2, 0.25) is 0 Å². The van der Waals surface area contributed by atoms with Gasteiger partial charge in [-0.25, -0.2) is 8.42 Å². The summed E-state index contributed by atoms with van der Waals surface area (Å²) in [6.07, 6.45) is 2.93. The van der Waals surface area contributed by atoms with Crippen molar-refractivity contribution in [1.82, 2.24) is 9.80 Å². The minimum atomic E-state index is -3.52. The zero-order valence-electron chi connectivity index (χ0n) is 14.8. The molecule has 0 aliphatic heterocycles. The van der Waals surface area contributed by atoms with E-state index in [4.69, 9.17) is 46.4 Å². The van der Waals surface area contributed by atoms with Gasteiger partial charge in [-0.15, -0.1) is 72.0 Å². The molecule has 26 heavy (non-hydrogen) atoms. The van der Waals surface area contributed by atoms with Crippen molar-refractivity contribution in [1.29, 1.82) is 0 Å². The summed E-state index contributed by atoms with van der Waals surface area (Å²) < 4.78 is 26.1. The second-order valence-corrected chi connectivity index (χ2v) is 9.40. The van der Waals surface area contributed by atoms with Gasteiger partial charge in [0, 0.05) is 62.8 Å². The Morgan fingerprint density at radius 3 is 1.19 bits per heavy atom. The molecule has 2 unspecified atom stereocenters. The van der Waals surface area contributed by atoms with E-state index in [-0.39, 0.29) is 12.4 Å². The number of nitrogens with zero attached hydrogens (tertiary/aromatic N) is 2. The monoisotopic (exact) mass is 488 g/mol.